The Kier molecular flexibility index (Phi) is 2.25. The number of hydrogen-bond acceptors (Lipinski definition) is 0. The fourth-order valence-corrected chi connectivity index (χ4v) is 1.35. The summed E-state index contributed by atoms with van der Waals surface area (Å²) in [6.45, 7) is 8.46. The first-order valence-electron chi connectivity index (χ1n) is 2.98. The van der Waals surface area contributed by atoms with Crippen LogP contribution in [-0.4, -0.2) is 0 Å². The Balaban J connectivity index is 3.39. The molecule has 0 amide bonds. The van der Waals surface area contributed by atoms with Gasteiger partial charge in [-0.3, -0.25) is 0 Å². The molecule has 0 atom stereocenters. The molecule has 11 heavy (non-hydrogen) atoms. The third kappa shape index (κ3) is 1.58. The maximum Gasteiger partial charge on any atom is 0.223 e. The maximum atomic E-state index is 12.9. The molecule has 1 aromatic carbocycles. The van der Waals surface area contributed by atoms with Crippen LogP contribution in [0.4, 0.5) is 10.1 Å². The summed E-state index contributed by atoms with van der Waals surface area (Å²) in [5, 5.41) is 0. The van der Waals surface area contributed by atoms with Crippen molar-refractivity contribution in [2.45, 2.75) is 6.92 Å². The van der Waals surface area contributed by atoms with Crippen molar-refractivity contribution in [1.82, 2.24) is 0 Å². The van der Waals surface area contributed by atoms with Crippen LogP contribution < -0.4 is 0 Å². The molecule has 1 aromatic rings. The van der Waals surface area contributed by atoms with Crippen molar-refractivity contribution >= 4 is 21.6 Å². The van der Waals surface area contributed by atoms with Crippen LogP contribution in [0.5, 0.6) is 0 Å². The summed E-state index contributed by atoms with van der Waals surface area (Å²) in [5.41, 5.74) is 0.946. The topological polar surface area (TPSA) is 4.36 Å². The SMILES string of the molecule is [C-]#[N+]c1cc(C)cc(Br)c1F. The van der Waals surface area contributed by atoms with Gasteiger partial charge in [0.2, 0.25) is 5.69 Å². The summed E-state index contributed by atoms with van der Waals surface area (Å²) in [6, 6.07) is 3.16. The molecule has 3 heteroatoms. The van der Waals surface area contributed by atoms with E-state index in [4.69, 9.17) is 6.57 Å². The van der Waals surface area contributed by atoms with Gasteiger partial charge >= 0.3 is 0 Å². The molecule has 1 rings (SSSR count). The highest BCUT2D eigenvalue weighted by Crippen LogP contribution is 2.26. The molecule has 0 aromatic heterocycles. The largest absolute Gasteiger partial charge is 0.235 e. The quantitative estimate of drug-likeness (QED) is 0.582. The van der Waals surface area contributed by atoms with E-state index in [0.717, 1.165) is 5.56 Å². The lowest BCUT2D eigenvalue weighted by molar-refractivity contribution is 0.626. The first-order valence-corrected chi connectivity index (χ1v) is 3.77. The molecule has 0 N–H and O–H groups in total. The van der Waals surface area contributed by atoms with Gasteiger partial charge < -0.3 is 0 Å². The van der Waals surface area contributed by atoms with Gasteiger partial charge in [-0.1, -0.05) is 11.6 Å². The summed E-state index contributed by atoms with van der Waals surface area (Å²) in [7, 11) is 0. The van der Waals surface area contributed by atoms with E-state index in [1.54, 1.807) is 6.07 Å². The minimum atomic E-state index is -0.481. The molecular formula is C8H5BrFN. The van der Waals surface area contributed by atoms with Crippen LogP contribution in [0.15, 0.2) is 16.6 Å². The predicted molar refractivity (Wildman–Crippen MR) is 45.1 cm³/mol. The zero-order valence-electron chi connectivity index (χ0n) is 5.86. The fraction of sp³-hybridized carbons (Fsp3) is 0.125. The van der Waals surface area contributed by atoms with Crippen molar-refractivity contribution in [2.75, 3.05) is 0 Å². The summed E-state index contributed by atoms with van der Waals surface area (Å²) in [6.07, 6.45) is 0. The lowest BCUT2D eigenvalue weighted by atomic mass is 10.2. The van der Waals surface area contributed by atoms with Crippen molar-refractivity contribution in [2.24, 2.45) is 0 Å². The number of hydrogen-bond donors (Lipinski definition) is 0. The van der Waals surface area contributed by atoms with E-state index in [-0.39, 0.29) is 5.69 Å². The molecule has 1 nitrogen and oxygen atoms in total. The van der Waals surface area contributed by atoms with Crippen LogP contribution >= 0.6 is 15.9 Å². The van der Waals surface area contributed by atoms with Crippen LogP contribution in [0.25, 0.3) is 4.85 Å². The summed E-state index contributed by atoms with van der Waals surface area (Å²) >= 11 is 3.02. The Morgan fingerprint density at radius 1 is 1.55 bits per heavy atom. The molecule has 0 aliphatic carbocycles. The van der Waals surface area contributed by atoms with Gasteiger partial charge in [-0.2, -0.15) is 0 Å². The minimum Gasteiger partial charge on any atom is -0.235 e. The van der Waals surface area contributed by atoms with Crippen LogP contribution in [-0.2, 0) is 0 Å². The summed E-state index contributed by atoms with van der Waals surface area (Å²) < 4.78 is 13.3. The maximum absolute atomic E-state index is 12.9. The third-order valence-electron chi connectivity index (χ3n) is 1.27. The average Bonchev–Trinajstić information content (AvgIpc) is 1.96. The molecule has 0 aliphatic rings. The smallest absolute Gasteiger partial charge is 0.223 e. The van der Waals surface area contributed by atoms with Gasteiger partial charge in [0.05, 0.1) is 6.57 Å². The highest BCUT2D eigenvalue weighted by atomic mass is 79.9. The second-order valence-electron chi connectivity index (χ2n) is 2.19. The summed E-state index contributed by atoms with van der Waals surface area (Å²) in [5.74, 6) is -0.481. The van der Waals surface area contributed by atoms with E-state index >= 15 is 0 Å². The van der Waals surface area contributed by atoms with Gasteiger partial charge in [0.15, 0.2) is 0 Å². The van der Waals surface area contributed by atoms with Gasteiger partial charge in [0.25, 0.3) is 0 Å². The van der Waals surface area contributed by atoms with Crippen LogP contribution in [0.3, 0.4) is 0 Å². The number of nitrogens with zero attached hydrogens (tertiary/aromatic N) is 1. The Morgan fingerprint density at radius 2 is 2.18 bits per heavy atom. The molecule has 0 spiro atoms. The molecular weight excluding hydrogens is 209 g/mol. The monoisotopic (exact) mass is 213 g/mol. The molecule has 0 aliphatic heterocycles. The van der Waals surface area contributed by atoms with E-state index in [0.29, 0.717) is 4.47 Å². The Hall–Kier alpha value is -0.880. The molecule has 0 fully saturated rings. The van der Waals surface area contributed by atoms with E-state index in [2.05, 4.69) is 20.8 Å². The fourth-order valence-electron chi connectivity index (χ4n) is 0.788. The van der Waals surface area contributed by atoms with Gasteiger partial charge in [0, 0.05) is 4.47 Å². The van der Waals surface area contributed by atoms with Crippen LogP contribution in [0.2, 0.25) is 0 Å². The second-order valence-corrected chi connectivity index (χ2v) is 3.05. The van der Waals surface area contributed by atoms with Crippen molar-refractivity contribution < 1.29 is 4.39 Å². The zero-order valence-corrected chi connectivity index (χ0v) is 7.44. The standard InChI is InChI=1S/C8H5BrFN/c1-5-3-6(9)8(10)7(4-5)11-2/h3-4H,1H3. The van der Waals surface area contributed by atoms with Crippen molar-refractivity contribution in [3.63, 3.8) is 0 Å². The normalized spacial score (nSPS) is 9.27. The molecule has 0 saturated heterocycles. The van der Waals surface area contributed by atoms with Crippen molar-refractivity contribution in [3.8, 4) is 0 Å². The Labute approximate surface area is 72.8 Å². The van der Waals surface area contributed by atoms with Crippen LogP contribution in [0, 0.1) is 19.3 Å². The Morgan fingerprint density at radius 3 is 2.73 bits per heavy atom. The van der Waals surface area contributed by atoms with Gasteiger partial charge in [-0.15, -0.1) is 0 Å². The molecule has 0 bridgehead atoms. The number of aryl methyl sites for hydroxylation is 1. The summed E-state index contributed by atoms with van der Waals surface area (Å²) in [4.78, 5) is 3.04. The van der Waals surface area contributed by atoms with Gasteiger partial charge in [0.1, 0.15) is 5.82 Å². The number of rotatable bonds is 0. The highest BCUT2D eigenvalue weighted by Gasteiger charge is 2.05. The number of halogens is 2. The molecule has 0 heterocycles. The third-order valence-corrected chi connectivity index (χ3v) is 1.85. The Bertz CT molecular complexity index is 328. The van der Waals surface area contributed by atoms with Crippen molar-refractivity contribution in [1.29, 1.82) is 0 Å². The lowest BCUT2D eigenvalue weighted by Crippen LogP contribution is -1.79. The van der Waals surface area contributed by atoms with Gasteiger partial charge in [-0.25, -0.2) is 9.24 Å². The van der Waals surface area contributed by atoms with Crippen LogP contribution in [0.1, 0.15) is 5.56 Å². The first-order chi connectivity index (χ1) is 5.15. The second kappa shape index (κ2) is 3.02. The van der Waals surface area contributed by atoms with Crippen molar-refractivity contribution in [3.05, 3.63) is 39.4 Å². The first kappa shape index (κ1) is 8.22. The zero-order chi connectivity index (χ0) is 8.43. The van der Waals surface area contributed by atoms with E-state index in [1.165, 1.54) is 6.07 Å². The van der Waals surface area contributed by atoms with E-state index in [9.17, 15) is 4.39 Å². The van der Waals surface area contributed by atoms with E-state index < -0.39 is 5.82 Å². The van der Waals surface area contributed by atoms with Gasteiger partial charge in [-0.05, 0) is 28.9 Å². The molecule has 0 saturated carbocycles. The minimum absolute atomic E-state index is 0.0666. The molecule has 0 unspecified atom stereocenters. The van der Waals surface area contributed by atoms with E-state index in [1.807, 2.05) is 6.92 Å². The highest BCUT2D eigenvalue weighted by molar-refractivity contribution is 9.10. The average molecular weight is 214 g/mol. The number of benzene rings is 1. The molecule has 56 valence electrons. The molecule has 0 radical (unpaired) electrons. The predicted octanol–water partition coefficient (Wildman–Crippen LogP) is 3.45. The lowest BCUT2D eigenvalue weighted by Gasteiger charge is -1.98.